The highest BCUT2D eigenvalue weighted by Crippen LogP contribution is 2.16. The van der Waals surface area contributed by atoms with Crippen LogP contribution >= 0.6 is 0 Å². The molecular formula is C40H83B. The largest absolute Gasteiger partial charge is 0.120 e. The first-order chi connectivity index (χ1) is 20.4. The van der Waals surface area contributed by atoms with Crippen molar-refractivity contribution in [2.45, 2.75) is 258 Å². The lowest BCUT2D eigenvalue weighted by molar-refractivity contribution is 0.526. The Morgan fingerprint density at radius 3 is 0.512 bits per heavy atom. The molecule has 1 heteroatoms. The molecule has 246 valence electrons. The van der Waals surface area contributed by atoms with E-state index in [0.717, 1.165) is 0 Å². The molecule has 0 spiro atoms. The lowest BCUT2D eigenvalue weighted by atomic mass is 9.68. The van der Waals surface area contributed by atoms with Gasteiger partial charge in [-0.1, -0.05) is 258 Å². The van der Waals surface area contributed by atoms with Crippen LogP contribution in [0.5, 0.6) is 0 Å². The summed E-state index contributed by atoms with van der Waals surface area (Å²) in [5, 5.41) is 0. The van der Waals surface area contributed by atoms with Crippen molar-refractivity contribution in [2.75, 3.05) is 0 Å². The fraction of sp³-hybridized carbons (Fsp3) is 1.00. The van der Waals surface area contributed by atoms with Crippen LogP contribution in [0, 0.1) is 0 Å². The van der Waals surface area contributed by atoms with Crippen molar-refractivity contribution in [3.8, 4) is 0 Å². The minimum Gasteiger partial charge on any atom is -0.0774 e. The summed E-state index contributed by atoms with van der Waals surface area (Å²) >= 11 is 0. The quantitative estimate of drug-likeness (QED) is 0.0508. The summed E-state index contributed by atoms with van der Waals surface area (Å²) in [6.45, 7) is 4.62. The van der Waals surface area contributed by atoms with E-state index in [1.54, 1.807) is 0 Å². The van der Waals surface area contributed by atoms with E-state index in [2.05, 4.69) is 13.8 Å². The van der Waals surface area contributed by atoms with Gasteiger partial charge in [0.25, 0.3) is 0 Å². The SMILES string of the molecule is CCCCCCCCCCCCCCCCCCCCBCCCCCCCCCCCCCCCCCCCC. The smallest absolute Gasteiger partial charge is 0.0774 e. The standard InChI is InChI=1S/C40H83B/c1-3-5-7-9-11-13-15-17-19-21-23-25-27-29-31-33-35-37-39-41-40-38-36-34-32-30-28-26-24-22-20-18-16-14-12-10-8-6-4-2/h41H,3-40H2,1-2H3. The van der Waals surface area contributed by atoms with Crippen LogP contribution in [0.15, 0.2) is 0 Å². The van der Waals surface area contributed by atoms with Crippen LogP contribution < -0.4 is 0 Å². The van der Waals surface area contributed by atoms with Crippen molar-refractivity contribution in [1.82, 2.24) is 0 Å². The monoisotopic (exact) mass is 575 g/mol. The molecular weight excluding hydrogens is 491 g/mol. The zero-order chi connectivity index (χ0) is 29.6. The van der Waals surface area contributed by atoms with Gasteiger partial charge in [0, 0.05) is 0 Å². The van der Waals surface area contributed by atoms with E-state index in [1.807, 2.05) is 0 Å². The first-order valence-corrected chi connectivity index (χ1v) is 20.4. The molecule has 0 bridgehead atoms. The summed E-state index contributed by atoms with van der Waals surface area (Å²) in [4.78, 5) is 0. The Morgan fingerprint density at radius 2 is 0.341 bits per heavy atom. The molecule has 0 aliphatic carbocycles. The van der Waals surface area contributed by atoms with E-state index in [0.29, 0.717) is 0 Å². The van der Waals surface area contributed by atoms with Gasteiger partial charge in [-0.25, -0.2) is 0 Å². The maximum absolute atomic E-state index is 2.31. The van der Waals surface area contributed by atoms with Gasteiger partial charge in [-0.15, -0.1) is 0 Å². The minimum atomic E-state index is 1.37. The highest BCUT2D eigenvalue weighted by Gasteiger charge is 1.98. The van der Waals surface area contributed by atoms with Crippen molar-refractivity contribution in [3.63, 3.8) is 0 Å². The van der Waals surface area contributed by atoms with Gasteiger partial charge in [0.05, 0.1) is 0 Å². The molecule has 0 radical (unpaired) electrons. The van der Waals surface area contributed by atoms with Crippen molar-refractivity contribution in [3.05, 3.63) is 0 Å². The number of unbranched alkanes of at least 4 members (excludes halogenated alkanes) is 34. The molecule has 0 heterocycles. The van der Waals surface area contributed by atoms with Gasteiger partial charge in [-0.2, -0.15) is 0 Å². The summed E-state index contributed by atoms with van der Waals surface area (Å²) in [6, 6.07) is 0. The summed E-state index contributed by atoms with van der Waals surface area (Å²) in [6.07, 6.45) is 56.4. The van der Waals surface area contributed by atoms with Crippen molar-refractivity contribution < 1.29 is 0 Å². The van der Waals surface area contributed by atoms with Gasteiger partial charge in [0.2, 0.25) is 0 Å². The normalized spacial score (nSPS) is 11.5. The Morgan fingerprint density at radius 1 is 0.195 bits per heavy atom. The molecule has 0 atom stereocenters. The van der Waals surface area contributed by atoms with Crippen LogP contribution in [0.1, 0.15) is 245 Å². The maximum Gasteiger partial charge on any atom is 0.120 e. The highest BCUT2D eigenvalue weighted by molar-refractivity contribution is 6.35. The molecule has 0 rings (SSSR count). The number of rotatable bonds is 38. The second kappa shape index (κ2) is 40.1. The second-order valence-electron chi connectivity index (χ2n) is 14.1. The van der Waals surface area contributed by atoms with Gasteiger partial charge in [-0.05, 0) is 0 Å². The third-order valence-electron chi connectivity index (χ3n) is 9.71. The van der Waals surface area contributed by atoms with Crippen LogP contribution in [0.3, 0.4) is 0 Å². The molecule has 0 aromatic carbocycles. The van der Waals surface area contributed by atoms with Crippen LogP contribution in [-0.2, 0) is 0 Å². The molecule has 0 aromatic heterocycles. The average Bonchev–Trinajstić information content (AvgIpc) is 2.98. The zero-order valence-electron chi connectivity index (χ0n) is 29.6. The van der Waals surface area contributed by atoms with Crippen molar-refractivity contribution in [2.24, 2.45) is 0 Å². The molecule has 0 amide bonds. The Kier molecular flexibility index (Phi) is 40.1. The zero-order valence-corrected chi connectivity index (χ0v) is 29.6. The summed E-state index contributed by atoms with van der Waals surface area (Å²) in [5.41, 5.74) is 0. The number of hydrogen-bond acceptors (Lipinski definition) is 0. The Labute approximate surface area is 264 Å². The molecule has 0 aliphatic heterocycles. The Balaban J connectivity index is 3.02. The molecule has 0 saturated heterocycles. The van der Waals surface area contributed by atoms with E-state index >= 15 is 0 Å². The summed E-state index contributed by atoms with van der Waals surface area (Å²) in [7, 11) is 1.50. The van der Waals surface area contributed by atoms with Crippen LogP contribution in [0.4, 0.5) is 0 Å². The third kappa shape index (κ3) is 40.1. The molecule has 0 N–H and O–H groups in total. The first kappa shape index (κ1) is 41.1. The van der Waals surface area contributed by atoms with E-state index < -0.39 is 0 Å². The molecule has 41 heavy (non-hydrogen) atoms. The van der Waals surface area contributed by atoms with Crippen LogP contribution in [0.2, 0.25) is 12.6 Å². The van der Waals surface area contributed by atoms with Gasteiger partial charge in [0.15, 0.2) is 0 Å². The highest BCUT2D eigenvalue weighted by atomic mass is 14.0. The van der Waals surface area contributed by atoms with E-state index in [-0.39, 0.29) is 0 Å². The lowest BCUT2D eigenvalue weighted by Crippen LogP contribution is -1.90. The van der Waals surface area contributed by atoms with Crippen LogP contribution in [-0.4, -0.2) is 7.28 Å². The molecule has 0 unspecified atom stereocenters. The lowest BCUT2D eigenvalue weighted by Gasteiger charge is -2.04. The molecule has 0 aromatic rings. The summed E-state index contributed by atoms with van der Waals surface area (Å²) in [5.74, 6) is 0. The molecule has 0 saturated carbocycles. The van der Waals surface area contributed by atoms with E-state index in [1.165, 1.54) is 251 Å². The Bertz CT molecular complexity index is 381. The third-order valence-corrected chi connectivity index (χ3v) is 9.71. The van der Waals surface area contributed by atoms with Crippen molar-refractivity contribution in [1.29, 1.82) is 0 Å². The van der Waals surface area contributed by atoms with Gasteiger partial charge in [0.1, 0.15) is 7.28 Å². The maximum atomic E-state index is 2.31. The van der Waals surface area contributed by atoms with E-state index in [4.69, 9.17) is 0 Å². The average molecular weight is 575 g/mol. The molecule has 0 fully saturated rings. The van der Waals surface area contributed by atoms with Crippen LogP contribution in [0.25, 0.3) is 0 Å². The predicted molar refractivity (Wildman–Crippen MR) is 194 cm³/mol. The fourth-order valence-corrected chi connectivity index (χ4v) is 6.69. The topological polar surface area (TPSA) is 0 Å². The van der Waals surface area contributed by atoms with E-state index in [9.17, 15) is 0 Å². The minimum absolute atomic E-state index is 1.37. The molecule has 0 aliphatic rings. The first-order valence-electron chi connectivity index (χ1n) is 20.4. The molecule has 0 nitrogen and oxygen atoms in total. The van der Waals surface area contributed by atoms with Gasteiger partial charge in [-0.3, -0.25) is 0 Å². The van der Waals surface area contributed by atoms with Gasteiger partial charge >= 0.3 is 0 Å². The second-order valence-corrected chi connectivity index (χ2v) is 14.1. The van der Waals surface area contributed by atoms with Gasteiger partial charge < -0.3 is 0 Å². The van der Waals surface area contributed by atoms with Crippen molar-refractivity contribution >= 4 is 7.28 Å². The predicted octanol–water partition coefficient (Wildman–Crippen LogP) is 15.3. The Hall–Kier alpha value is 0.0649. The fourth-order valence-electron chi connectivity index (χ4n) is 6.69. The summed E-state index contributed by atoms with van der Waals surface area (Å²) < 4.78 is 0. The number of hydrogen-bond donors (Lipinski definition) is 0.